The van der Waals surface area contributed by atoms with Gasteiger partial charge in [-0.05, 0) is 29.9 Å². The average molecular weight is 353 g/mol. The largest absolute Gasteiger partial charge is 0.0654 e. The van der Waals surface area contributed by atoms with Crippen LogP contribution in [0.4, 0.5) is 0 Å². The summed E-state index contributed by atoms with van der Waals surface area (Å²) in [6.45, 7) is 7.05. The molecule has 0 aliphatic carbocycles. The third-order valence-corrected chi connectivity index (χ3v) is 5.38. The summed E-state index contributed by atoms with van der Waals surface area (Å²) in [5.41, 5.74) is 1.85. The molecule has 1 rings (SSSR count). The van der Waals surface area contributed by atoms with E-state index in [0.29, 0.717) is 5.41 Å². The summed E-state index contributed by atoms with van der Waals surface area (Å²) in [4.78, 5) is 0. The maximum absolute atomic E-state index is 3.77. The zero-order chi connectivity index (χ0) is 15.6. The van der Waals surface area contributed by atoms with Gasteiger partial charge in [-0.3, -0.25) is 0 Å². The van der Waals surface area contributed by atoms with E-state index in [-0.39, 0.29) is 0 Å². The van der Waals surface area contributed by atoms with Crippen molar-refractivity contribution in [2.24, 2.45) is 0 Å². The minimum absolute atomic E-state index is 0.335. The number of halogens is 1. The van der Waals surface area contributed by atoms with Gasteiger partial charge in [0.1, 0.15) is 0 Å². The van der Waals surface area contributed by atoms with Crippen LogP contribution in [0.25, 0.3) is 0 Å². The van der Waals surface area contributed by atoms with Crippen LogP contribution in [0, 0.1) is 0 Å². The molecule has 0 aromatic heterocycles. The van der Waals surface area contributed by atoms with Gasteiger partial charge in [-0.1, -0.05) is 106 Å². The maximum Gasteiger partial charge on any atom is 0.0212 e. The van der Waals surface area contributed by atoms with Gasteiger partial charge in [-0.2, -0.15) is 0 Å². The van der Waals surface area contributed by atoms with E-state index in [2.05, 4.69) is 61.0 Å². The molecule has 0 aliphatic heterocycles. The zero-order valence-electron chi connectivity index (χ0n) is 14.3. The Kier molecular flexibility index (Phi) is 9.31. The Morgan fingerprint density at radius 2 is 1.33 bits per heavy atom. The SMILES string of the molecule is CCCCCCCC(C)(CCCCC)c1ccccc1Br. The highest BCUT2D eigenvalue weighted by atomic mass is 79.9. The summed E-state index contributed by atoms with van der Waals surface area (Å²) in [6, 6.07) is 8.84. The van der Waals surface area contributed by atoms with E-state index in [4.69, 9.17) is 0 Å². The summed E-state index contributed by atoms with van der Waals surface area (Å²) in [7, 11) is 0. The van der Waals surface area contributed by atoms with Crippen LogP contribution in [0.2, 0.25) is 0 Å². The number of benzene rings is 1. The second-order valence-corrected chi connectivity index (χ2v) is 7.52. The second-order valence-electron chi connectivity index (χ2n) is 6.66. The van der Waals surface area contributed by atoms with Crippen molar-refractivity contribution >= 4 is 15.9 Å². The summed E-state index contributed by atoms with van der Waals surface area (Å²) in [5, 5.41) is 0. The van der Waals surface area contributed by atoms with Crippen molar-refractivity contribution in [2.45, 2.75) is 90.4 Å². The molecule has 1 heteroatoms. The molecule has 1 atom stereocenters. The Morgan fingerprint density at radius 3 is 1.95 bits per heavy atom. The van der Waals surface area contributed by atoms with Crippen molar-refractivity contribution in [1.29, 1.82) is 0 Å². The van der Waals surface area contributed by atoms with Crippen molar-refractivity contribution in [3.63, 3.8) is 0 Å². The number of hydrogen-bond donors (Lipinski definition) is 0. The number of rotatable bonds is 11. The lowest BCUT2D eigenvalue weighted by molar-refractivity contribution is 0.363. The Labute approximate surface area is 140 Å². The van der Waals surface area contributed by atoms with Crippen molar-refractivity contribution in [1.82, 2.24) is 0 Å². The molecule has 120 valence electrons. The standard InChI is InChI=1S/C20H33Br/c1-4-6-8-9-13-17-20(3,16-12-7-5-2)18-14-10-11-15-19(18)21/h10-11,14-15H,4-9,12-13,16-17H2,1-3H3. The highest BCUT2D eigenvalue weighted by Crippen LogP contribution is 2.39. The van der Waals surface area contributed by atoms with E-state index in [1.54, 1.807) is 0 Å². The molecule has 0 bridgehead atoms. The summed E-state index contributed by atoms with van der Waals surface area (Å²) < 4.78 is 1.29. The first-order chi connectivity index (χ1) is 10.1. The quantitative estimate of drug-likeness (QED) is 0.358. The molecule has 0 saturated heterocycles. The fourth-order valence-electron chi connectivity index (χ4n) is 3.23. The van der Waals surface area contributed by atoms with E-state index < -0.39 is 0 Å². The Hall–Kier alpha value is -0.300. The smallest absolute Gasteiger partial charge is 0.0212 e. The molecule has 0 nitrogen and oxygen atoms in total. The lowest BCUT2D eigenvalue weighted by atomic mass is 9.74. The molecule has 1 unspecified atom stereocenters. The van der Waals surface area contributed by atoms with Crippen molar-refractivity contribution in [2.75, 3.05) is 0 Å². The monoisotopic (exact) mass is 352 g/mol. The molecular formula is C20H33Br. The molecule has 0 radical (unpaired) electrons. The predicted molar refractivity (Wildman–Crippen MR) is 99.0 cm³/mol. The van der Waals surface area contributed by atoms with Crippen LogP contribution >= 0.6 is 15.9 Å². The summed E-state index contributed by atoms with van der Waals surface area (Å²) in [5.74, 6) is 0. The minimum Gasteiger partial charge on any atom is -0.0654 e. The second kappa shape index (κ2) is 10.4. The topological polar surface area (TPSA) is 0 Å². The molecule has 1 aromatic rings. The lowest BCUT2D eigenvalue weighted by Crippen LogP contribution is -2.22. The summed E-state index contributed by atoms with van der Waals surface area (Å²) in [6.07, 6.45) is 13.5. The predicted octanol–water partition coefficient (Wildman–Crippen LogP) is 7.65. The van der Waals surface area contributed by atoms with Gasteiger partial charge >= 0.3 is 0 Å². The third-order valence-electron chi connectivity index (χ3n) is 4.69. The fraction of sp³-hybridized carbons (Fsp3) is 0.700. The van der Waals surface area contributed by atoms with Crippen LogP contribution in [-0.4, -0.2) is 0 Å². The molecule has 0 spiro atoms. The van der Waals surface area contributed by atoms with Gasteiger partial charge in [-0.15, -0.1) is 0 Å². The first kappa shape index (κ1) is 18.7. The molecule has 0 amide bonds. The minimum atomic E-state index is 0.335. The van der Waals surface area contributed by atoms with E-state index in [0.717, 1.165) is 0 Å². The maximum atomic E-state index is 3.77. The van der Waals surface area contributed by atoms with Crippen LogP contribution in [0.15, 0.2) is 28.7 Å². The third kappa shape index (κ3) is 6.55. The van der Waals surface area contributed by atoms with Crippen LogP contribution in [-0.2, 0) is 5.41 Å². The molecule has 21 heavy (non-hydrogen) atoms. The molecule has 1 aromatic carbocycles. The van der Waals surface area contributed by atoms with Gasteiger partial charge in [0.05, 0.1) is 0 Å². The number of unbranched alkanes of at least 4 members (excludes halogenated alkanes) is 6. The van der Waals surface area contributed by atoms with E-state index in [1.807, 2.05) is 0 Å². The van der Waals surface area contributed by atoms with Crippen molar-refractivity contribution in [3.8, 4) is 0 Å². The lowest BCUT2D eigenvalue weighted by Gasteiger charge is -2.31. The first-order valence-electron chi connectivity index (χ1n) is 8.89. The Bertz CT molecular complexity index is 385. The molecule has 0 heterocycles. The highest BCUT2D eigenvalue weighted by Gasteiger charge is 2.27. The molecule has 0 fully saturated rings. The van der Waals surface area contributed by atoms with Gasteiger partial charge in [0.2, 0.25) is 0 Å². The van der Waals surface area contributed by atoms with Crippen molar-refractivity contribution in [3.05, 3.63) is 34.3 Å². The number of hydrogen-bond acceptors (Lipinski definition) is 0. The summed E-state index contributed by atoms with van der Waals surface area (Å²) >= 11 is 3.77. The highest BCUT2D eigenvalue weighted by molar-refractivity contribution is 9.10. The van der Waals surface area contributed by atoms with Gasteiger partial charge < -0.3 is 0 Å². The van der Waals surface area contributed by atoms with Crippen LogP contribution in [0.1, 0.15) is 90.5 Å². The van der Waals surface area contributed by atoms with Crippen LogP contribution < -0.4 is 0 Å². The Morgan fingerprint density at radius 1 is 0.810 bits per heavy atom. The van der Waals surface area contributed by atoms with Crippen molar-refractivity contribution < 1.29 is 0 Å². The zero-order valence-corrected chi connectivity index (χ0v) is 15.8. The van der Waals surface area contributed by atoms with E-state index >= 15 is 0 Å². The van der Waals surface area contributed by atoms with Crippen LogP contribution in [0.5, 0.6) is 0 Å². The van der Waals surface area contributed by atoms with Gasteiger partial charge in [-0.25, -0.2) is 0 Å². The molecular weight excluding hydrogens is 320 g/mol. The molecule has 0 N–H and O–H groups in total. The van der Waals surface area contributed by atoms with E-state index in [1.165, 1.54) is 74.2 Å². The van der Waals surface area contributed by atoms with Gasteiger partial charge in [0, 0.05) is 4.47 Å². The van der Waals surface area contributed by atoms with Gasteiger partial charge in [0.25, 0.3) is 0 Å². The molecule has 0 saturated carbocycles. The first-order valence-corrected chi connectivity index (χ1v) is 9.68. The fourth-order valence-corrected chi connectivity index (χ4v) is 3.99. The normalized spacial score (nSPS) is 14.1. The Balaban J connectivity index is 2.68. The van der Waals surface area contributed by atoms with Crippen LogP contribution in [0.3, 0.4) is 0 Å². The average Bonchev–Trinajstić information content (AvgIpc) is 2.48. The molecule has 0 aliphatic rings. The van der Waals surface area contributed by atoms with Gasteiger partial charge in [0.15, 0.2) is 0 Å². The van der Waals surface area contributed by atoms with E-state index in [9.17, 15) is 0 Å².